The van der Waals surface area contributed by atoms with Gasteiger partial charge in [-0.1, -0.05) is 0 Å². The molecule has 0 aliphatic heterocycles. The van der Waals surface area contributed by atoms with E-state index in [1.54, 1.807) is 29.7 Å². The van der Waals surface area contributed by atoms with Gasteiger partial charge in [-0.15, -0.1) is 22.7 Å². The maximum Gasteiger partial charge on any atom is 0.191 e. The zero-order valence-electron chi connectivity index (χ0n) is 14.3. The van der Waals surface area contributed by atoms with Gasteiger partial charge in [-0.2, -0.15) is 0 Å². The van der Waals surface area contributed by atoms with E-state index in [2.05, 4.69) is 37.9 Å². The highest BCUT2D eigenvalue weighted by molar-refractivity contribution is 7.13. The third-order valence-corrected chi connectivity index (χ3v) is 5.42. The summed E-state index contributed by atoms with van der Waals surface area (Å²) in [4.78, 5) is 16.6. The number of rotatable bonds is 6. The Labute approximate surface area is 145 Å². The highest BCUT2D eigenvalue weighted by atomic mass is 32.1. The predicted molar refractivity (Wildman–Crippen MR) is 99.9 cm³/mol. The van der Waals surface area contributed by atoms with Gasteiger partial charge in [0.2, 0.25) is 0 Å². The van der Waals surface area contributed by atoms with E-state index in [-0.39, 0.29) is 0 Å². The summed E-state index contributed by atoms with van der Waals surface area (Å²) in [6, 6.07) is 0. The van der Waals surface area contributed by atoms with Crippen LogP contribution < -0.4 is 15.5 Å². The van der Waals surface area contributed by atoms with Gasteiger partial charge >= 0.3 is 0 Å². The van der Waals surface area contributed by atoms with Crippen molar-refractivity contribution in [3.05, 3.63) is 26.7 Å². The average molecular weight is 353 g/mol. The minimum absolute atomic E-state index is 0.669. The fourth-order valence-electron chi connectivity index (χ4n) is 2.08. The summed E-state index contributed by atoms with van der Waals surface area (Å²) in [5, 5.41) is 10.8. The Hall–Kier alpha value is -1.67. The number of hydrogen-bond donors (Lipinski definition) is 2. The van der Waals surface area contributed by atoms with Crippen LogP contribution in [0.4, 0.5) is 5.13 Å². The molecule has 0 aromatic carbocycles. The summed E-state index contributed by atoms with van der Waals surface area (Å²) in [7, 11) is 5.78. The van der Waals surface area contributed by atoms with E-state index in [0.29, 0.717) is 6.54 Å². The average Bonchev–Trinajstić information content (AvgIpc) is 3.09. The van der Waals surface area contributed by atoms with E-state index >= 15 is 0 Å². The molecule has 0 aliphatic carbocycles. The van der Waals surface area contributed by atoms with Gasteiger partial charge in [0, 0.05) is 44.4 Å². The zero-order chi connectivity index (χ0) is 16.8. The Morgan fingerprint density at radius 2 is 2.04 bits per heavy atom. The molecule has 0 bridgehead atoms. The van der Waals surface area contributed by atoms with Crippen molar-refractivity contribution in [3.8, 4) is 0 Å². The van der Waals surface area contributed by atoms with Gasteiger partial charge in [0.25, 0.3) is 0 Å². The lowest BCUT2D eigenvalue weighted by Crippen LogP contribution is -2.37. The molecular weight excluding hydrogens is 328 g/mol. The van der Waals surface area contributed by atoms with Crippen LogP contribution in [0.2, 0.25) is 0 Å². The molecule has 126 valence electrons. The standard InChI is InChI=1S/C15H24N6S2/c1-10-13(23-11(2)19-10)6-7-17-14(16-3)18-8-12-9-22-15(20-12)21(4)5/h9H,6-8H2,1-5H3,(H2,16,17,18). The van der Waals surface area contributed by atoms with Gasteiger partial charge in [0.1, 0.15) is 0 Å². The number of aromatic nitrogens is 2. The lowest BCUT2D eigenvalue weighted by molar-refractivity contribution is 0.787. The molecule has 8 heteroatoms. The monoisotopic (exact) mass is 352 g/mol. The smallest absolute Gasteiger partial charge is 0.191 e. The minimum Gasteiger partial charge on any atom is -0.356 e. The van der Waals surface area contributed by atoms with E-state index < -0.39 is 0 Å². The van der Waals surface area contributed by atoms with E-state index in [1.807, 2.05) is 25.9 Å². The Balaban J connectivity index is 1.78. The Morgan fingerprint density at radius 3 is 2.61 bits per heavy atom. The molecule has 2 heterocycles. The third-order valence-electron chi connectivity index (χ3n) is 3.23. The molecular formula is C15H24N6S2. The van der Waals surface area contributed by atoms with Gasteiger partial charge in [-0.3, -0.25) is 4.99 Å². The van der Waals surface area contributed by atoms with Gasteiger partial charge in [0.15, 0.2) is 11.1 Å². The number of anilines is 1. The quantitative estimate of drug-likeness (QED) is 0.616. The molecule has 0 radical (unpaired) electrons. The van der Waals surface area contributed by atoms with Gasteiger partial charge in [0.05, 0.1) is 22.9 Å². The minimum atomic E-state index is 0.669. The molecule has 0 saturated carbocycles. The first-order chi connectivity index (χ1) is 11.0. The van der Waals surface area contributed by atoms with Crippen molar-refractivity contribution in [2.45, 2.75) is 26.8 Å². The number of hydrogen-bond acceptors (Lipinski definition) is 6. The van der Waals surface area contributed by atoms with Crippen molar-refractivity contribution in [2.24, 2.45) is 4.99 Å². The maximum atomic E-state index is 4.55. The van der Waals surface area contributed by atoms with Crippen LogP contribution in [0.3, 0.4) is 0 Å². The fourth-order valence-corrected chi connectivity index (χ4v) is 3.77. The van der Waals surface area contributed by atoms with Crippen LogP contribution in [-0.4, -0.2) is 43.6 Å². The Kier molecular flexibility index (Phi) is 6.35. The first-order valence-electron chi connectivity index (χ1n) is 7.48. The molecule has 0 spiro atoms. The Bertz CT molecular complexity index is 659. The number of guanidine groups is 1. The molecule has 0 atom stereocenters. The van der Waals surface area contributed by atoms with Crippen LogP contribution in [0.5, 0.6) is 0 Å². The molecule has 23 heavy (non-hydrogen) atoms. The second-order valence-corrected chi connectivity index (χ2v) is 7.48. The first-order valence-corrected chi connectivity index (χ1v) is 9.18. The summed E-state index contributed by atoms with van der Waals surface area (Å²) < 4.78 is 0. The molecule has 2 aromatic rings. The topological polar surface area (TPSA) is 65.4 Å². The van der Waals surface area contributed by atoms with Crippen molar-refractivity contribution < 1.29 is 0 Å². The largest absolute Gasteiger partial charge is 0.356 e. The SMILES string of the molecule is CN=C(NCCc1sc(C)nc1C)NCc1csc(N(C)C)n1. The normalized spacial score (nSPS) is 11.6. The van der Waals surface area contributed by atoms with Crippen LogP contribution in [0.25, 0.3) is 0 Å². The van der Waals surface area contributed by atoms with Gasteiger partial charge in [-0.05, 0) is 13.8 Å². The van der Waals surface area contributed by atoms with E-state index in [9.17, 15) is 0 Å². The highest BCUT2D eigenvalue weighted by Gasteiger charge is 2.06. The molecule has 0 aliphatic rings. The summed E-state index contributed by atoms with van der Waals surface area (Å²) >= 11 is 3.41. The lowest BCUT2D eigenvalue weighted by atomic mass is 10.3. The molecule has 2 rings (SSSR count). The summed E-state index contributed by atoms with van der Waals surface area (Å²) in [6.07, 6.45) is 0.958. The lowest BCUT2D eigenvalue weighted by Gasteiger charge is -2.10. The summed E-state index contributed by atoms with van der Waals surface area (Å²) in [6.45, 7) is 5.62. The molecule has 0 fully saturated rings. The van der Waals surface area contributed by atoms with Crippen LogP contribution in [0.15, 0.2) is 10.4 Å². The number of thiazole rings is 2. The van der Waals surface area contributed by atoms with Crippen molar-refractivity contribution >= 4 is 33.8 Å². The Morgan fingerprint density at radius 1 is 1.26 bits per heavy atom. The summed E-state index contributed by atoms with van der Waals surface area (Å²) in [5.74, 6) is 0.795. The second kappa shape index (κ2) is 8.26. The number of aliphatic imine (C=N–C) groups is 1. The molecule has 2 N–H and O–H groups in total. The fraction of sp³-hybridized carbons (Fsp3) is 0.533. The van der Waals surface area contributed by atoms with Gasteiger partial charge < -0.3 is 15.5 Å². The molecule has 0 saturated heterocycles. The van der Waals surface area contributed by atoms with Crippen molar-refractivity contribution in [2.75, 3.05) is 32.6 Å². The van der Waals surface area contributed by atoms with E-state index in [1.165, 1.54) is 4.88 Å². The molecule has 2 aromatic heterocycles. The second-order valence-electron chi connectivity index (χ2n) is 5.36. The zero-order valence-corrected chi connectivity index (χ0v) is 15.9. The van der Waals surface area contributed by atoms with Crippen LogP contribution in [0.1, 0.15) is 21.3 Å². The number of nitrogens with one attached hydrogen (secondary N) is 2. The molecule has 0 amide bonds. The van der Waals surface area contributed by atoms with Crippen molar-refractivity contribution in [1.82, 2.24) is 20.6 Å². The summed E-state index contributed by atoms with van der Waals surface area (Å²) in [5.41, 5.74) is 2.16. The first kappa shape index (κ1) is 17.7. The maximum absolute atomic E-state index is 4.55. The number of aryl methyl sites for hydroxylation is 2. The van der Waals surface area contributed by atoms with Crippen LogP contribution in [0, 0.1) is 13.8 Å². The molecule has 0 unspecified atom stereocenters. The van der Waals surface area contributed by atoms with E-state index in [0.717, 1.165) is 40.5 Å². The number of nitrogens with zero attached hydrogens (tertiary/aromatic N) is 4. The van der Waals surface area contributed by atoms with E-state index in [4.69, 9.17) is 0 Å². The predicted octanol–water partition coefficient (Wildman–Crippen LogP) is 2.19. The third kappa shape index (κ3) is 5.18. The van der Waals surface area contributed by atoms with Gasteiger partial charge in [-0.25, -0.2) is 9.97 Å². The van der Waals surface area contributed by atoms with Crippen molar-refractivity contribution in [1.29, 1.82) is 0 Å². The van der Waals surface area contributed by atoms with Crippen LogP contribution >= 0.6 is 22.7 Å². The molecule has 6 nitrogen and oxygen atoms in total. The van der Waals surface area contributed by atoms with Crippen molar-refractivity contribution in [3.63, 3.8) is 0 Å². The highest BCUT2D eigenvalue weighted by Crippen LogP contribution is 2.18. The van der Waals surface area contributed by atoms with Crippen LogP contribution in [-0.2, 0) is 13.0 Å².